The Kier molecular flexibility index (Phi) is 5.60. The minimum absolute atomic E-state index is 0.0461. The molecule has 1 aromatic carbocycles. The van der Waals surface area contributed by atoms with Crippen LogP contribution in [0, 0.1) is 0 Å². The van der Waals surface area contributed by atoms with Gasteiger partial charge < -0.3 is 20.1 Å². The van der Waals surface area contributed by atoms with Crippen LogP contribution in [0.15, 0.2) is 29.3 Å². The summed E-state index contributed by atoms with van der Waals surface area (Å²) in [6.07, 6.45) is 0.789. The molecule has 25 heavy (non-hydrogen) atoms. The fraction of sp³-hybridized carbons (Fsp3) is 0.579. The molecule has 1 aliphatic heterocycles. The molecule has 0 saturated heterocycles. The van der Waals surface area contributed by atoms with Crippen molar-refractivity contribution in [1.82, 2.24) is 10.6 Å². The number of nitrogens with one attached hydrogen (secondary N) is 2. The second-order valence-corrected chi connectivity index (χ2v) is 7.81. The van der Waals surface area contributed by atoms with Crippen LogP contribution in [-0.4, -0.2) is 36.7 Å². The van der Waals surface area contributed by atoms with Gasteiger partial charge in [-0.25, -0.2) is 0 Å². The second kappa shape index (κ2) is 7.33. The Balaban J connectivity index is 2.03. The maximum absolute atomic E-state index is 11.9. The first-order chi connectivity index (χ1) is 11.6. The molecule has 1 aliphatic rings. The first-order valence-electron chi connectivity index (χ1n) is 8.57. The average Bonchev–Trinajstić information content (AvgIpc) is 2.48. The molecule has 2 rings (SSSR count). The normalized spacial score (nSPS) is 19.4. The third-order valence-electron chi connectivity index (χ3n) is 3.73. The van der Waals surface area contributed by atoms with E-state index in [9.17, 15) is 4.79 Å². The van der Waals surface area contributed by atoms with Crippen molar-refractivity contribution in [1.29, 1.82) is 0 Å². The Morgan fingerprint density at radius 2 is 2.04 bits per heavy atom. The molecule has 0 spiro atoms. The number of hydrogen-bond acceptors (Lipinski definition) is 4. The minimum atomic E-state index is -0.501. The van der Waals surface area contributed by atoms with Crippen molar-refractivity contribution >= 4 is 11.9 Å². The van der Waals surface area contributed by atoms with Crippen molar-refractivity contribution in [2.45, 2.75) is 58.3 Å². The van der Waals surface area contributed by atoms with E-state index in [0.29, 0.717) is 5.96 Å². The van der Waals surface area contributed by atoms with Gasteiger partial charge in [-0.1, -0.05) is 18.2 Å². The highest BCUT2D eigenvalue weighted by atomic mass is 16.6. The van der Waals surface area contributed by atoms with Crippen LogP contribution in [0.25, 0.3) is 0 Å². The zero-order valence-corrected chi connectivity index (χ0v) is 16.0. The van der Waals surface area contributed by atoms with Crippen LogP contribution in [0.1, 0.15) is 52.6 Å². The van der Waals surface area contributed by atoms with Crippen molar-refractivity contribution in [2.24, 2.45) is 4.99 Å². The third-order valence-corrected chi connectivity index (χ3v) is 3.73. The van der Waals surface area contributed by atoms with Crippen molar-refractivity contribution < 1.29 is 14.3 Å². The monoisotopic (exact) mass is 347 g/mol. The summed E-state index contributed by atoms with van der Waals surface area (Å²) in [5.41, 5.74) is 0.303. The number of benzene rings is 1. The summed E-state index contributed by atoms with van der Waals surface area (Å²) in [6.45, 7) is 9.73. The summed E-state index contributed by atoms with van der Waals surface area (Å²) >= 11 is 0. The summed E-state index contributed by atoms with van der Waals surface area (Å²) in [5, 5.41) is 6.41. The Hall–Kier alpha value is -2.24. The van der Waals surface area contributed by atoms with Gasteiger partial charge in [-0.15, -0.1) is 0 Å². The lowest BCUT2D eigenvalue weighted by Crippen LogP contribution is -2.46. The largest absolute Gasteiger partial charge is 0.487 e. The predicted octanol–water partition coefficient (Wildman–Crippen LogP) is 2.80. The Bertz CT molecular complexity index is 648. The second-order valence-electron chi connectivity index (χ2n) is 7.81. The number of guanidine groups is 1. The van der Waals surface area contributed by atoms with E-state index < -0.39 is 5.60 Å². The van der Waals surface area contributed by atoms with E-state index in [0.717, 1.165) is 17.7 Å². The van der Waals surface area contributed by atoms with Gasteiger partial charge in [0.1, 0.15) is 23.5 Å². The van der Waals surface area contributed by atoms with E-state index in [-0.39, 0.29) is 24.2 Å². The lowest BCUT2D eigenvalue weighted by Gasteiger charge is -2.38. The van der Waals surface area contributed by atoms with E-state index in [2.05, 4.69) is 29.5 Å². The van der Waals surface area contributed by atoms with Gasteiger partial charge in [-0.05, 0) is 40.7 Å². The first-order valence-corrected chi connectivity index (χ1v) is 8.57. The molecule has 0 aliphatic carbocycles. The highest BCUT2D eigenvalue weighted by Crippen LogP contribution is 2.39. The fourth-order valence-corrected chi connectivity index (χ4v) is 2.82. The molecule has 6 heteroatoms. The molecule has 0 radical (unpaired) electrons. The van der Waals surface area contributed by atoms with Gasteiger partial charge in [0.05, 0.1) is 6.04 Å². The Morgan fingerprint density at radius 3 is 2.68 bits per heavy atom. The van der Waals surface area contributed by atoms with E-state index in [4.69, 9.17) is 9.47 Å². The standard InChI is InChI=1S/C19H29N3O3/c1-18(2,3)25-16(23)12-21-17(20-6)22-14-11-19(4,5)24-15-10-8-7-9-13(14)15/h7-10,14H,11-12H2,1-6H3,(H2,20,21,22). The number of rotatable bonds is 3. The lowest BCUT2D eigenvalue weighted by atomic mass is 9.90. The quantitative estimate of drug-likeness (QED) is 0.500. The van der Waals surface area contributed by atoms with Crippen LogP contribution < -0.4 is 15.4 Å². The van der Waals surface area contributed by atoms with Gasteiger partial charge in [-0.2, -0.15) is 0 Å². The smallest absolute Gasteiger partial charge is 0.325 e. The maximum atomic E-state index is 11.9. The number of ether oxygens (including phenoxy) is 2. The van der Waals surface area contributed by atoms with E-state index >= 15 is 0 Å². The minimum Gasteiger partial charge on any atom is -0.487 e. The van der Waals surface area contributed by atoms with Gasteiger partial charge >= 0.3 is 5.97 Å². The topological polar surface area (TPSA) is 72.0 Å². The summed E-state index contributed by atoms with van der Waals surface area (Å²) < 4.78 is 11.4. The average molecular weight is 347 g/mol. The molecular formula is C19H29N3O3. The molecule has 138 valence electrons. The zero-order chi connectivity index (χ0) is 18.7. The molecular weight excluding hydrogens is 318 g/mol. The summed E-state index contributed by atoms with van der Waals surface area (Å²) in [7, 11) is 1.68. The van der Waals surface area contributed by atoms with Crippen LogP contribution in [0.5, 0.6) is 5.75 Å². The van der Waals surface area contributed by atoms with Crippen LogP contribution >= 0.6 is 0 Å². The maximum Gasteiger partial charge on any atom is 0.325 e. The Morgan fingerprint density at radius 1 is 1.36 bits per heavy atom. The highest BCUT2D eigenvalue weighted by Gasteiger charge is 2.34. The molecule has 6 nitrogen and oxygen atoms in total. The van der Waals surface area contributed by atoms with Crippen LogP contribution in [0.3, 0.4) is 0 Å². The molecule has 0 fully saturated rings. The molecule has 0 bridgehead atoms. The summed E-state index contributed by atoms with van der Waals surface area (Å²) in [6, 6.07) is 8.02. The van der Waals surface area contributed by atoms with Crippen LogP contribution in [0.4, 0.5) is 0 Å². The van der Waals surface area contributed by atoms with E-state index in [1.165, 1.54) is 0 Å². The van der Waals surface area contributed by atoms with Crippen molar-refractivity contribution in [3.8, 4) is 5.75 Å². The molecule has 0 aromatic heterocycles. The molecule has 1 atom stereocenters. The van der Waals surface area contributed by atoms with E-state index in [1.807, 2.05) is 45.0 Å². The number of esters is 1. The summed E-state index contributed by atoms with van der Waals surface area (Å²) in [4.78, 5) is 16.1. The number of aliphatic imine (C=N–C) groups is 1. The number of para-hydroxylation sites is 1. The third kappa shape index (κ3) is 5.66. The highest BCUT2D eigenvalue weighted by molar-refractivity contribution is 5.84. The van der Waals surface area contributed by atoms with E-state index in [1.54, 1.807) is 7.05 Å². The fourth-order valence-electron chi connectivity index (χ4n) is 2.82. The molecule has 2 N–H and O–H groups in total. The molecule has 1 aromatic rings. The summed E-state index contributed by atoms with van der Waals surface area (Å²) in [5.74, 6) is 1.12. The van der Waals surface area contributed by atoms with Gasteiger partial charge in [0.15, 0.2) is 5.96 Å². The molecule has 0 amide bonds. The number of carbonyl (C=O) groups excluding carboxylic acids is 1. The predicted molar refractivity (Wildman–Crippen MR) is 98.8 cm³/mol. The van der Waals surface area contributed by atoms with Gasteiger partial charge in [0.2, 0.25) is 0 Å². The molecule has 1 heterocycles. The zero-order valence-electron chi connectivity index (χ0n) is 16.0. The van der Waals surface area contributed by atoms with Gasteiger partial charge in [-0.3, -0.25) is 9.79 Å². The Labute approximate surface area is 150 Å². The number of hydrogen-bond donors (Lipinski definition) is 2. The SMILES string of the molecule is CN=C(NCC(=O)OC(C)(C)C)NC1CC(C)(C)Oc2ccccc21. The lowest BCUT2D eigenvalue weighted by molar-refractivity contribution is -0.153. The van der Waals surface area contributed by atoms with Crippen molar-refractivity contribution in [2.75, 3.05) is 13.6 Å². The molecule has 1 unspecified atom stereocenters. The van der Waals surface area contributed by atoms with Crippen LogP contribution in [-0.2, 0) is 9.53 Å². The van der Waals surface area contributed by atoms with Crippen molar-refractivity contribution in [3.63, 3.8) is 0 Å². The number of carbonyl (C=O) groups is 1. The molecule has 0 saturated carbocycles. The van der Waals surface area contributed by atoms with Crippen molar-refractivity contribution in [3.05, 3.63) is 29.8 Å². The first kappa shape index (κ1) is 19.1. The number of nitrogens with zero attached hydrogens (tertiary/aromatic N) is 1. The van der Waals surface area contributed by atoms with Gasteiger partial charge in [0.25, 0.3) is 0 Å². The van der Waals surface area contributed by atoms with Crippen LogP contribution in [0.2, 0.25) is 0 Å². The van der Waals surface area contributed by atoms with Gasteiger partial charge in [0, 0.05) is 19.0 Å². The number of fused-ring (bicyclic) bond motifs is 1.